The summed E-state index contributed by atoms with van der Waals surface area (Å²) in [5.74, 6) is 1.10. The minimum Gasteiger partial charge on any atom is -0.494 e. The van der Waals surface area contributed by atoms with Gasteiger partial charge in [0.25, 0.3) is 0 Å². The molecular weight excluding hydrogens is 302 g/mol. The number of carbonyl (C=O) groups excluding carboxylic acids is 1. The number of rotatable bonds is 7. The molecule has 0 heterocycles. The summed E-state index contributed by atoms with van der Waals surface area (Å²) in [5.41, 5.74) is 2.09. The van der Waals surface area contributed by atoms with Gasteiger partial charge < -0.3 is 15.2 Å². The van der Waals surface area contributed by atoms with Gasteiger partial charge in [0.05, 0.1) is 19.3 Å². The Morgan fingerprint density at radius 3 is 2.54 bits per heavy atom. The molecule has 2 aromatic rings. The van der Waals surface area contributed by atoms with Crippen molar-refractivity contribution in [3.8, 4) is 5.75 Å². The van der Waals surface area contributed by atoms with Crippen molar-refractivity contribution in [2.75, 3.05) is 13.2 Å². The predicted octanol–water partition coefficient (Wildman–Crippen LogP) is 3.04. The first-order valence-corrected chi connectivity index (χ1v) is 8.42. The molecule has 3 rings (SSSR count). The molecule has 0 bridgehead atoms. The second kappa shape index (κ2) is 7.49. The van der Waals surface area contributed by atoms with Gasteiger partial charge in [-0.3, -0.25) is 4.79 Å². The van der Waals surface area contributed by atoms with Crippen LogP contribution in [0.15, 0.2) is 54.6 Å². The largest absolute Gasteiger partial charge is 0.494 e. The van der Waals surface area contributed by atoms with Crippen LogP contribution in [-0.4, -0.2) is 24.2 Å². The molecule has 0 aromatic heterocycles. The molecule has 3 unspecified atom stereocenters. The Balaban J connectivity index is 1.60. The van der Waals surface area contributed by atoms with Crippen molar-refractivity contribution >= 4 is 5.91 Å². The number of hydrogen-bond acceptors (Lipinski definition) is 3. The molecule has 24 heavy (non-hydrogen) atoms. The molecule has 1 saturated carbocycles. The maximum Gasteiger partial charge on any atom is 0.224 e. The molecule has 0 spiro atoms. The number of benzene rings is 2. The molecule has 4 nitrogen and oxygen atoms in total. The molecular formula is C20H23NO3. The average Bonchev–Trinajstić information content (AvgIpc) is 3.42. The quantitative estimate of drug-likeness (QED) is 0.822. The van der Waals surface area contributed by atoms with Gasteiger partial charge in [-0.2, -0.15) is 0 Å². The molecule has 2 N–H and O–H groups in total. The van der Waals surface area contributed by atoms with Crippen molar-refractivity contribution in [3.63, 3.8) is 0 Å². The van der Waals surface area contributed by atoms with Crippen molar-refractivity contribution in [1.82, 2.24) is 5.32 Å². The Morgan fingerprint density at radius 2 is 1.92 bits per heavy atom. The maximum absolute atomic E-state index is 12.5. The van der Waals surface area contributed by atoms with Gasteiger partial charge >= 0.3 is 0 Å². The molecule has 4 heteroatoms. The highest BCUT2D eigenvalue weighted by Crippen LogP contribution is 2.47. The molecule has 0 saturated heterocycles. The van der Waals surface area contributed by atoms with Crippen LogP contribution in [0.3, 0.4) is 0 Å². The lowest BCUT2D eigenvalue weighted by molar-refractivity contribution is -0.123. The Morgan fingerprint density at radius 1 is 1.21 bits per heavy atom. The summed E-state index contributed by atoms with van der Waals surface area (Å²) in [5, 5.41) is 12.6. The lowest BCUT2D eigenvalue weighted by Gasteiger charge is -2.17. The number of hydrogen-bond donors (Lipinski definition) is 2. The van der Waals surface area contributed by atoms with Gasteiger partial charge in [-0.15, -0.1) is 0 Å². The van der Waals surface area contributed by atoms with E-state index in [2.05, 4.69) is 17.4 Å². The average molecular weight is 325 g/mol. The van der Waals surface area contributed by atoms with Crippen molar-refractivity contribution in [2.24, 2.45) is 5.92 Å². The molecule has 2 aromatic carbocycles. The topological polar surface area (TPSA) is 58.6 Å². The zero-order valence-electron chi connectivity index (χ0n) is 13.8. The maximum atomic E-state index is 12.5. The highest BCUT2D eigenvalue weighted by atomic mass is 16.5. The Labute approximate surface area is 142 Å². The first kappa shape index (κ1) is 16.5. The lowest BCUT2D eigenvalue weighted by Crippen LogP contribution is -2.32. The van der Waals surface area contributed by atoms with Crippen LogP contribution in [0.25, 0.3) is 0 Å². The standard InChI is InChI=1S/C20H23NO3/c1-2-24-16-10-8-15(9-11-16)19(13-22)21-20(23)18-12-17(18)14-6-4-3-5-7-14/h3-11,17-19,22H,2,12-13H2,1H3,(H,21,23). The number of ether oxygens (including phenoxy) is 1. The fourth-order valence-electron chi connectivity index (χ4n) is 3.03. The van der Waals surface area contributed by atoms with Crippen LogP contribution < -0.4 is 10.1 Å². The van der Waals surface area contributed by atoms with Crippen LogP contribution in [0.2, 0.25) is 0 Å². The van der Waals surface area contributed by atoms with Crippen LogP contribution in [0.4, 0.5) is 0 Å². The highest BCUT2D eigenvalue weighted by Gasteiger charge is 2.44. The summed E-state index contributed by atoms with van der Waals surface area (Å²) in [6.45, 7) is 2.42. The van der Waals surface area contributed by atoms with Crippen molar-refractivity contribution in [3.05, 3.63) is 65.7 Å². The van der Waals surface area contributed by atoms with E-state index < -0.39 is 0 Å². The van der Waals surface area contributed by atoms with E-state index in [-0.39, 0.29) is 24.5 Å². The molecule has 1 aliphatic rings. The first-order valence-electron chi connectivity index (χ1n) is 8.42. The van der Waals surface area contributed by atoms with Gasteiger partial charge in [-0.05, 0) is 42.5 Å². The first-order chi connectivity index (χ1) is 11.7. The molecule has 3 atom stereocenters. The van der Waals surface area contributed by atoms with E-state index >= 15 is 0 Å². The number of carbonyl (C=O) groups is 1. The highest BCUT2D eigenvalue weighted by molar-refractivity contribution is 5.83. The van der Waals surface area contributed by atoms with Gasteiger partial charge in [-0.1, -0.05) is 42.5 Å². The third-order valence-electron chi connectivity index (χ3n) is 4.45. The van der Waals surface area contributed by atoms with E-state index in [1.54, 1.807) is 0 Å². The summed E-state index contributed by atoms with van der Waals surface area (Å²) in [6, 6.07) is 17.2. The van der Waals surface area contributed by atoms with Crippen LogP contribution in [0, 0.1) is 5.92 Å². The molecule has 0 aliphatic heterocycles. The number of aliphatic hydroxyl groups is 1. The molecule has 126 valence electrons. The minimum atomic E-state index is -0.384. The van der Waals surface area contributed by atoms with Gasteiger partial charge in [0, 0.05) is 5.92 Å². The molecule has 1 amide bonds. The predicted molar refractivity (Wildman–Crippen MR) is 92.9 cm³/mol. The zero-order chi connectivity index (χ0) is 16.9. The van der Waals surface area contributed by atoms with Gasteiger partial charge in [0.1, 0.15) is 5.75 Å². The van der Waals surface area contributed by atoms with Crippen LogP contribution in [-0.2, 0) is 4.79 Å². The second-order valence-corrected chi connectivity index (χ2v) is 6.11. The van der Waals surface area contributed by atoms with Crippen molar-refractivity contribution in [1.29, 1.82) is 0 Å². The van der Waals surface area contributed by atoms with Gasteiger partial charge in [0.2, 0.25) is 5.91 Å². The number of aliphatic hydroxyl groups excluding tert-OH is 1. The molecule has 0 radical (unpaired) electrons. The van der Waals surface area contributed by atoms with E-state index in [9.17, 15) is 9.90 Å². The van der Waals surface area contributed by atoms with E-state index in [4.69, 9.17) is 4.74 Å². The number of amides is 1. The van der Waals surface area contributed by atoms with Gasteiger partial charge in [0.15, 0.2) is 0 Å². The lowest BCUT2D eigenvalue weighted by atomic mass is 10.1. The second-order valence-electron chi connectivity index (χ2n) is 6.11. The third-order valence-corrected chi connectivity index (χ3v) is 4.45. The van der Waals surface area contributed by atoms with Crippen LogP contribution >= 0.6 is 0 Å². The van der Waals surface area contributed by atoms with E-state index in [0.29, 0.717) is 12.5 Å². The molecule has 1 fully saturated rings. The normalized spacial score (nSPS) is 20.2. The van der Waals surface area contributed by atoms with Crippen molar-refractivity contribution < 1.29 is 14.6 Å². The van der Waals surface area contributed by atoms with Gasteiger partial charge in [-0.25, -0.2) is 0 Å². The minimum absolute atomic E-state index is 0.00384. The van der Waals surface area contributed by atoms with Crippen LogP contribution in [0.1, 0.15) is 36.4 Å². The van der Waals surface area contributed by atoms with Crippen LogP contribution in [0.5, 0.6) is 5.75 Å². The Hall–Kier alpha value is -2.33. The Kier molecular flexibility index (Phi) is 5.16. The monoisotopic (exact) mass is 325 g/mol. The fourth-order valence-corrected chi connectivity index (χ4v) is 3.03. The molecule has 1 aliphatic carbocycles. The SMILES string of the molecule is CCOc1ccc(C(CO)NC(=O)C2CC2c2ccccc2)cc1. The summed E-state index contributed by atoms with van der Waals surface area (Å²) >= 11 is 0. The third kappa shape index (κ3) is 3.77. The summed E-state index contributed by atoms with van der Waals surface area (Å²) in [7, 11) is 0. The summed E-state index contributed by atoms with van der Waals surface area (Å²) in [4.78, 5) is 12.5. The van der Waals surface area contributed by atoms with E-state index in [0.717, 1.165) is 17.7 Å². The van der Waals surface area contributed by atoms with E-state index in [1.165, 1.54) is 5.56 Å². The Bertz CT molecular complexity index is 669. The van der Waals surface area contributed by atoms with Crippen molar-refractivity contribution in [2.45, 2.75) is 25.3 Å². The fraction of sp³-hybridized carbons (Fsp3) is 0.350. The zero-order valence-corrected chi connectivity index (χ0v) is 13.8. The van der Waals surface area contributed by atoms with E-state index in [1.807, 2.05) is 49.4 Å². The number of nitrogens with one attached hydrogen (secondary N) is 1. The summed E-state index contributed by atoms with van der Waals surface area (Å²) in [6.07, 6.45) is 0.872. The summed E-state index contributed by atoms with van der Waals surface area (Å²) < 4.78 is 5.42. The smallest absolute Gasteiger partial charge is 0.224 e.